The van der Waals surface area contributed by atoms with Gasteiger partial charge in [-0.3, -0.25) is 5.10 Å². The van der Waals surface area contributed by atoms with Crippen molar-refractivity contribution >= 4 is 6.03 Å². The standard InChI is InChI=1S/C21H21N7O2/c1-30-18-8-6-16(7-9-18)20-25-19(26-27-20)14-23-21(29)22-13-15-4-2-5-17(12-15)28-11-3-10-24-28/h2-12H,13-14H2,1H3,(H2,22,23,29)(H,25,26,27). The van der Waals surface area contributed by atoms with Gasteiger partial charge in [0.15, 0.2) is 5.82 Å². The molecule has 4 aromatic rings. The molecule has 3 N–H and O–H groups in total. The molecule has 0 aliphatic carbocycles. The molecular formula is C21H21N7O2. The van der Waals surface area contributed by atoms with Crippen LogP contribution >= 0.6 is 0 Å². The Balaban J connectivity index is 1.28. The molecular weight excluding hydrogens is 382 g/mol. The summed E-state index contributed by atoms with van der Waals surface area (Å²) < 4.78 is 6.92. The average Bonchev–Trinajstić information content (AvgIpc) is 3.49. The van der Waals surface area contributed by atoms with Crippen LogP contribution in [0.1, 0.15) is 11.4 Å². The third-order valence-corrected chi connectivity index (χ3v) is 4.43. The van der Waals surface area contributed by atoms with E-state index in [1.54, 1.807) is 18.0 Å². The van der Waals surface area contributed by atoms with Crippen molar-refractivity contribution in [2.24, 2.45) is 0 Å². The van der Waals surface area contributed by atoms with E-state index in [-0.39, 0.29) is 12.6 Å². The van der Waals surface area contributed by atoms with Crippen LogP contribution in [0.25, 0.3) is 17.1 Å². The summed E-state index contributed by atoms with van der Waals surface area (Å²) in [7, 11) is 1.62. The van der Waals surface area contributed by atoms with Gasteiger partial charge in [0, 0.05) is 24.5 Å². The van der Waals surface area contributed by atoms with Crippen LogP contribution in [0.4, 0.5) is 4.79 Å². The maximum absolute atomic E-state index is 12.1. The second kappa shape index (κ2) is 8.91. The highest BCUT2D eigenvalue weighted by Crippen LogP contribution is 2.18. The zero-order valence-corrected chi connectivity index (χ0v) is 16.4. The lowest BCUT2D eigenvalue weighted by atomic mass is 10.2. The first-order chi connectivity index (χ1) is 14.7. The number of carbonyl (C=O) groups is 1. The first kappa shape index (κ1) is 19.2. The fourth-order valence-corrected chi connectivity index (χ4v) is 2.88. The molecule has 9 heteroatoms. The van der Waals surface area contributed by atoms with Crippen molar-refractivity contribution in [3.63, 3.8) is 0 Å². The van der Waals surface area contributed by atoms with Crippen molar-refractivity contribution in [1.29, 1.82) is 0 Å². The minimum absolute atomic E-state index is 0.238. The number of amides is 2. The topological polar surface area (TPSA) is 110 Å². The SMILES string of the molecule is COc1ccc(-c2n[nH]c(CNC(=O)NCc3cccc(-n4cccn4)c3)n2)cc1. The van der Waals surface area contributed by atoms with Gasteiger partial charge in [0.2, 0.25) is 0 Å². The summed E-state index contributed by atoms with van der Waals surface area (Å²) in [5, 5.41) is 16.9. The molecule has 2 aromatic heterocycles. The number of nitrogens with zero attached hydrogens (tertiary/aromatic N) is 4. The molecule has 0 aliphatic rings. The van der Waals surface area contributed by atoms with Gasteiger partial charge in [-0.25, -0.2) is 14.5 Å². The van der Waals surface area contributed by atoms with Gasteiger partial charge in [-0.1, -0.05) is 12.1 Å². The molecule has 0 saturated carbocycles. The summed E-state index contributed by atoms with van der Waals surface area (Å²) in [4.78, 5) is 16.5. The lowest BCUT2D eigenvalue weighted by Crippen LogP contribution is -2.34. The van der Waals surface area contributed by atoms with E-state index in [1.807, 2.05) is 60.8 Å². The zero-order chi connectivity index (χ0) is 20.8. The van der Waals surface area contributed by atoms with Crippen LogP contribution < -0.4 is 15.4 Å². The fourth-order valence-electron chi connectivity index (χ4n) is 2.88. The number of nitrogens with one attached hydrogen (secondary N) is 3. The normalized spacial score (nSPS) is 10.6. The number of aromatic amines is 1. The molecule has 0 unspecified atom stereocenters. The third kappa shape index (κ3) is 4.64. The molecule has 0 aliphatic heterocycles. The van der Waals surface area contributed by atoms with Gasteiger partial charge in [-0.05, 0) is 48.0 Å². The summed E-state index contributed by atoms with van der Waals surface area (Å²) in [5.74, 6) is 1.89. The van der Waals surface area contributed by atoms with Gasteiger partial charge in [0.25, 0.3) is 0 Å². The summed E-state index contributed by atoms with van der Waals surface area (Å²) in [6, 6.07) is 16.8. The number of H-pyrrole nitrogens is 1. The lowest BCUT2D eigenvalue weighted by Gasteiger charge is -2.08. The van der Waals surface area contributed by atoms with E-state index in [1.165, 1.54) is 0 Å². The Morgan fingerprint density at radius 1 is 1.10 bits per heavy atom. The highest BCUT2D eigenvalue weighted by Gasteiger charge is 2.08. The molecule has 4 rings (SSSR count). The van der Waals surface area contributed by atoms with Crippen molar-refractivity contribution < 1.29 is 9.53 Å². The molecule has 0 radical (unpaired) electrons. The van der Waals surface area contributed by atoms with Gasteiger partial charge in [-0.15, -0.1) is 0 Å². The molecule has 2 amide bonds. The van der Waals surface area contributed by atoms with Crippen LogP contribution in [0, 0.1) is 0 Å². The molecule has 0 fully saturated rings. The quantitative estimate of drug-likeness (QED) is 0.439. The Morgan fingerprint density at radius 3 is 2.70 bits per heavy atom. The van der Waals surface area contributed by atoms with Crippen LogP contribution in [-0.4, -0.2) is 38.1 Å². The first-order valence-electron chi connectivity index (χ1n) is 9.37. The van der Waals surface area contributed by atoms with Gasteiger partial charge in [0.05, 0.1) is 19.3 Å². The van der Waals surface area contributed by atoms with Crippen LogP contribution in [0.15, 0.2) is 67.0 Å². The molecule has 152 valence electrons. The van der Waals surface area contributed by atoms with Crippen molar-refractivity contribution in [3.05, 3.63) is 78.4 Å². The average molecular weight is 403 g/mol. The Morgan fingerprint density at radius 2 is 1.93 bits per heavy atom. The van der Waals surface area contributed by atoms with Crippen molar-refractivity contribution in [1.82, 2.24) is 35.6 Å². The summed E-state index contributed by atoms with van der Waals surface area (Å²) in [5.41, 5.74) is 2.77. The number of carbonyl (C=O) groups excluding carboxylic acids is 1. The highest BCUT2D eigenvalue weighted by atomic mass is 16.5. The van der Waals surface area contributed by atoms with Gasteiger partial charge < -0.3 is 15.4 Å². The Kier molecular flexibility index (Phi) is 5.70. The maximum Gasteiger partial charge on any atom is 0.315 e. The van der Waals surface area contributed by atoms with Crippen molar-refractivity contribution in [2.45, 2.75) is 13.1 Å². The van der Waals surface area contributed by atoms with Gasteiger partial charge in [0.1, 0.15) is 11.6 Å². The molecule has 0 bridgehead atoms. The van der Waals surface area contributed by atoms with E-state index in [4.69, 9.17) is 4.74 Å². The molecule has 30 heavy (non-hydrogen) atoms. The lowest BCUT2D eigenvalue weighted by molar-refractivity contribution is 0.240. The number of urea groups is 1. The van der Waals surface area contributed by atoms with E-state index in [0.29, 0.717) is 18.2 Å². The second-order valence-electron chi connectivity index (χ2n) is 6.49. The number of rotatable bonds is 7. The van der Waals surface area contributed by atoms with Gasteiger partial charge >= 0.3 is 6.03 Å². The van der Waals surface area contributed by atoms with Crippen LogP contribution in [0.3, 0.4) is 0 Å². The number of hydrogen-bond acceptors (Lipinski definition) is 5. The number of hydrogen-bond donors (Lipinski definition) is 3. The Labute approximate surface area is 173 Å². The van der Waals surface area contributed by atoms with E-state index < -0.39 is 0 Å². The molecule has 2 heterocycles. The monoisotopic (exact) mass is 403 g/mol. The predicted molar refractivity (Wildman–Crippen MR) is 111 cm³/mol. The Bertz CT molecular complexity index is 1100. The van der Waals surface area contributed by atoms with Crippen LogP contribution in [0.2, 0.25) is 0 Å². The first-order valence-corrected chi connectivity index (χ1v) is 9.37. The second-order valence-corrected chi connectivity index (χ2v) is 6.49. The number of ether oxygens (including phenoxy) is 1. The van der Waals surface area contributed by atoms with Crippen LogP contribution in [-0.2, 0) is 13.1 Å². The smallest absolute Gasteiger partial charge is 0.315 e. The summed E-state index contributed by atoms with van der Waals surface area (Å²) in [6.07, 6.45) is 3.60. The number of methoxy groups -OCH3 is 1. The number of aromatic nitrogens is 5. The van der Waals surface area contributed by atoms with Crippen molar-refractivity contribution in [2.75, 3.05) is 7.11 Å². The minimum Gasteiger partial charge on any atom is -0.497 e. The third-order valence-electron chi connectivity index (χ3n) is 4.43. The molecule has 2 aromatic carbocycles. The van der Waals surface area contributed by atoms with E-state index in [9.17, 15) is 4.79 Å². The summed E-state index contributed by atoms with van der Waals surface area (Å²) >= 11 is 0. The fraction of sp³-hybridized carbons (Fsp3) is 0.143. The molecule has 0 atom stereocenters. The molecule has 0 spiro atoms. The molecule has 9 nitrogen and oxygen atoms in total. The van der Waals surface area contributed by atoms with E-state index in [0.717, 1.165) is 22.6 Å². The van der Waals surface area contributed by atoms with E-state index in [2.05, 4.69) is 30.9 Å². The largest absolute Gasteiger partial charge is 0.497 e. The van der Waals surface area contributed by atoms with Crippen molar-refractivity contribution in [3.8, 4) is 22.8 Å². The Hall–Kier alpha value is -4.14. The highest BCUT2D eigenvalue weighted by molar-refractivity contribution is 5.73. The van der Waals surface area contributed by atoms with Crippen LogP contribution in [0.5, 0.6) is 5.75 Å². The predicted octanol–water partition coefficient (Wildman–Crippen LogP) is 2.67. The van der Waals surface area contributed by atoms with E-state index >= 15 is 0 Å². The molecule has 0 saturated heterocycles. The maximum atomic E-state index is 12.1. The zero-order valence-electron chi connectivity index (χ0n) is 16.4. The van der Waals surface area contributed by atoms with Gasteiger partial charge in [-0.2, -0.15) is 10.2 Å². The summed E-state index contributed by atoms with van der Waals surface area (Å²) in [6.45, 7) is 0.636. The number of benzene rings is 2. The minimum atomic E-state index is -0.290.